The van der Waals surface area contributed by atoms with E-state index in [4.69, 9.17) is 0 Å². The Balaban J connectivity index is 1.63. The van der Waals surface area contributed by atoms with E-state index in [0.717, 1.165) is 16.8 Å². The maximum absolute atomic E-state index is 12.3. The lowest BCUT2D eigenvalue weighted by Crippen LogP contribution is -2.18. The van der Waals surface area contributed by atoms with Crippen molar-refractivity contribution >= 4 is 29.3 Å². The molecule has 1 aromatic heterocycles. The summed E-state index contributed by atoms with van der Waals surface area (Å²) in [5.41, 5.74) is 4.23. The van der Waals surface area contributed by atoms with Crippen LogP contribution < -0.4 is 10.6 Å². The van der Waals surface area contributed by atoms with Gasteiger partial charge in [-0.3, -0.25) is 9.59 Å². The molecule has 28 heavy (non-hydrogen) atoms. The molecule has 3 rings (SSSR count). The van der Waals surface area contributed by atoms with Gasteiger partial charge in [-0.15, -0.1) is 5.10 Å². The minimum Gasteiger partial charge on any atom is -0.355 e. The number of anilines is 1. The summed E-state index contributed by atoms with van der Waals surface area (Å²) >= 11 is 1.25. The molecule has 0 aliphatic rings. The van der Waals surface area contributed by atoms with Gasteiger partial charge in [-0.25, -0.2) is 0 Å². The van der Waals surface area contributed by atoms with E-state index in [-0.39, 0.29) is 17.6 Å². The molecule has 0 fully saturated rings. The van der Waals surface area contributed by atoms with Gasteiger partial charge >= 0.3 is 0 Å². The molecule has 144 valence electrons. The van der Waals surface area contributed by atoms with Crippen molar-refractivity contribution in [3.63, 3.8) is 0 Å². The zero-order chi connectivity index (χ0) is 20.1. The van der Waals surface area contributed by atoms with Crippen LogP contribution in [0, 0.1) is 13.8 Å². The molecule has 0 spiro atoms. The van der Waals surface area contributed by atoms with Crippen molar-refractivity contribution in [2.45, 2.75) is 19.0 Å². The third kappa shape index (κ3) is 4.55. The molecule has 0 saturated heterocycles. The lowest BCUT2D eigenvalue weighted by atomic mass is 10.1. The van der Waals surface area contributed by atoms with Crippen LogP contribution in [0.5, 0.6) is 0 Å². The van der Waals surface area contributed by atoms with Crippen LogP contribution in [0.4, 0.5) is 5.69 Å². The standard InChI is InChI=1S/C19H20N6O2S/c1-12-4-9-16(13(2)10-12)25-19(22-23-24-25)28-11-17(26)21-15-7-5-14(6-8-15)18(27)20-3/h4-10H,11H2,1-3H3,(H,20,27)(H,21,26). The van der Waals surface area contributed by atoms with E-state index in [1.165, 1.54) is 11.8 Å². The number of aryl methyl sites for hydroxylation is 2. The summed E-state index contributed by atoms with van der Waals surface area (Å²) in [6, 6.07) is 12.7. The topological polar surface area (TPSA) is 102 Å². The van der Waals surface area contributed by atoms with E-state index in [9.17, 15) is 9.59 Å². The molecule has 1 heterocycles. The van der Waals surface area contributed by atoms with Crippen LogP contribution >= 0.6 is 11.8 Å². The van der Waals surface area contributed by atoms with Crippen LogP contribution in [0.15, 0.2) is 47.6 Å². The number of aromatic nitrogens is 4. The highest BCUT2D eigenvalue weighted by Gasteiger charge is 2.13. The number of carbonyl (C=O) groups is 2. The molecule has 2 amide bonds. The van der Waals surface area contributed by atoms with Crippen LogP contribution in [0.25, 0.3) is 5.69 Å². The van der Waals surface area contributed by atoms with Gasteiger partial charge in [0.05, 0.1) is 11.4 Å². The normalized spacial score (nSPS) is 10.5. The van der Waals surface area contributed by atoms with Gasteiger partial charge in [-0.1, -0.05) is 29.5 Å². The Morgan fingerprint density at radius 3 is 2.54 bits per heavy atom. The second-order valence-electron chi connectivity index (χ2n) is 6.16. The first-order chi connectivity index (χ1) is 13.5. The van der Waals surface area contributed by atoms with Crippen molar-refractivity contribution in [2.75, 3.05) is 18.1 Å². The predicted octanol–water partition coefficient (Wildman–Crippen LogP) is 2.37. The van der Waals surface area contributed by atoms with Crippen molar-refractivity contribution in [1.82, 2.24) is 25.5 Å². The van der Waals surface area contributed by atoms with Crippen molar-refractivity contribution < 1.29 is 9.59 Å². The Hall–Kier alpha value is -3.20. The molecular weight excluding hydrogens is 376 g/mol. The summed E-state index contributed by atoms with van der Waals surface area (Å²) in [6.45, 7) is 4.02. The second-order valence-corrected chi connectivity index (χ2v) is 7.10. The molecular formula is C19H20N6O2S. The quantitative estimate of drug-likeness (QED) is 0.620. The van der Waals surface area contributed by atoms with Gasteiger partial charge in [-0.05, 0) is 60.2 Å². The second kappa shape index (κ2) is 8.66. The van der Waals surface area contributed by atoms with Gasteiger partial charge in [0.25, 0.3) is 5.91 Å². The predicted molar refractivity (Wildman–Crippen MR) is 108 cm³/mol. The van der Waals surface area contributed by atoms with Crippen molar-refractivity contribution in [1.29, 1.82) is 0 Å². The zero-order valence-corrected chi connectivity index (χ0v) is 16.6. The average Bonchev–Trinajstić information content (AvgIpc) is 3.14. The number of carbonyl (C=O) groups excluding carboxylic acids is 2. The van der Waals surface area contributed by atoms with Crippen LogP contribution in [0.2, 0.25) is 0 Å². The maximum Gasteiger partial charge on any atom is 0.251 e. The highest BCUT2D eigenvalue weighted by molar-refractivity contribution is 7.99. The summed E-state index contributed by atoms with van der Waals surface area (Å²) in [7, 11) is 1.57. The number of hydrogen-bond donors (Lipinski definition) is 2. The summed E-state index contributed by atoms with van der Waals surface area (Å²) in [5, 5.41) is 17.7. The van der Waals surface area contributed by atoms with Gasteiger partial charge < -0.3 is 10.6 Å². The molecule has 0 saturated carbocycles. The Kier molecular flexibility index (Phi) is 6.05. The zero-order valence-electron chi connectivity index (χ0n) is 15.8. The highest BCUT2D eigenvalue weighted by Crippen LogP contribution is 2.21. The number of hydrogen-bond acceptors (Lipinski definition) is 6. The Bertz CT molecular complexity index is 1000. The number of nitrogens with zero attached hydrogens (tertiary/aromatic N) is 4. The number of thioether (sulfide) groups is 1. The summed E-state index contributed by atoms with van der Waals surface area (Å²) in [5.74, 6) is -0.206. The number of nitrogens with one attached hydrogen (secondary N) is 2. The van der Waals surface area contributed by atoms with Gasteiger partial charge in [0.1, 0.15) is 0 Å². The monoisotopic (exact) mass is 396 g/mol. The van der Waals surface area contributed by atoms with Crippen LogP contribution in [0.3, 0.4) is 0 Å². The van der Waals surface area contributed by atoms with E-state index in [1.807, 2.05) is 26.0 Å². The average molecular weight is 396 g/mol. The smallest absolute Gasteiger partial charge is 0.251 e. The Morgan fingerprint density at radius 1 is 1.11 bits per heavy atom. The molecule has 0 aliphatic heterocycles. The van der Waals surface area contributed by atoms with Crippen LogP contribution in [-0.2, 0) is 4.79 Å². The Morgan fingerprint density at radius 2 is 1.86 bits per heavy atom. The molecule has 0 radical (unpaired) electrons. The van der Waals surface area contributed by atoms with Crippen molar-refractivity contribution in [3.8, 4) is 5.69 Å². The molecule has 3 aromatic rings. The molecule has 9 heteroatoms. The fraction of sp³-hybridized carbons (Fsp3) is 0.211. The first kappa shape index (κ1) is 19.6. The number of benzene rings is 2. The minimum absolute atomic E-state index is 0.155. The van der Waals surface area contributed by atoms with Crippen LogP contribution in [0.1, 0.15) is 21.5 Å². The summed E-state index contributed by atoms with van der Waals surface area (Å²) in [4.78, 5) is 23.8. The third-order valence-electron chi connectivity index (χ3n) is 4.01. The van der Waals surface area contributed by atoms with Gasteiger partial charge in [0.2, 0.25) is 11.1 Å². The van der Waals surface area contributed by atoms with E-state index in [0.29, 0.717) is 16.4 Å². The van der Waals surface area contributed by atoms with E-state index in [2.05, 4.69) is 32.2 Å². The van der Waals surface area contributed by atoms with E-state index < -0.39 is 0 Å². The fourth-order valence-corrected chi connectivity index (χ4v) is 3.32. The lowest BCUT2D eigenvalue weighted by Gasteiger charge is -2.09. The van der Waals surface area contributed by atoms with Crippen molar-refractivity contribution in [2.24, 2.45) is 0 Å². The van der Waals surface area contributed by atoms with Crippen molar-refractivity contribution in [3.05, 3.63) is 59.2 Å². The number of tetrazole rings is 1. The fourth-order valence-electron chi connectivity index (χ4n) is 2.64. The lowest BCUT2D eigenvalue weighted by molar-refractivity contribution is -0.113. The maximum atomic E-state index is 12.3. The Labute approximate surface area is 166 Å². The largest absolute Gasteiger partial charge is 0.355 e. The first-order valence-electron chi connectivity index (χ1n) is 8.58. The highest BCUT2D eigenvalue weighted by atomic mass is 32.2. The van der Waals surface area contributed by atoms with Gasteiger partial charge in [-0.2, -0.15) is 4.68 Å². The van der Waals surface area contributed by atoms with Gasteiger partial charge in [0.15, 0.2) is 0 Å². The third-order valence-corrected chi connectivity index (χ3v) is 4.93. The number of rotatable bonds is 6. The summed E-state index contributed by atoms with van der Waals surface area (Å²) < 4.78 is 1.63. The molecule has 0 bridgehead atoms. The molecule has 2 N–H and O–H groups in total. The van der Waals surface area contributed by atoms with Crippen LogP contribution in [-0.4, -0.2) is 44.8 Å². The van der Waals surface area contributed by atoms with E-state index in [1.54, 1.807) is 36.0 Å². The molecule has 8 nitrogen and oxygen atoms in total. The molecule has 2 aromatic carbocycles. The SMILES string of the molecule is CNC(=O)c1ccc(NC(=O)CSc2nnnn2-c2ccc(C)cc2C)cc1. The summed E-state index contributed by atoms with van der Waals surface area (Å²) in [6.07, 6.45) is 0. The minimum atomic E-state index is -0.187. The number of amides is 2. The molecule has 0 aliphatic carbocycles. The molecule has 0 atom stereocenters. The van der Waals surface area contributed by atoms with E-state index >= 15 is 0 Å². The first-order valence-corrected chi connectivity index (χ1v) is 9.57. The van der Waals surface area contributed by atoms with Gasteiger partial charge in [0, 0.05) is 18.3 Å². The molecule has 0 unspecified atom stereocenters.